The molecule has 1 aromatic heterocycles. The highest BCUT2D eigenvalue weighted by Crippen LogP contribution is 2.32. The Morgan fingerprint density at radius 1 is 1.15 bits per heavy atom. The van der Waals surface area contributed by atoms with Gasteiger partial charge in [0.05, 0.1) is 5.92 Å². The number of carboxylic acid groups (broad SMARTS) is 1. The molecule has 2 aromatic carbocycles. The SMILES string of the molecule is CC(C(=O)O)c1ccc2oc3ccc(N)cc3c2c1.Cl. The molecule has 0 amide bonds. The number of fused-ring (bicyclic) bond motifs is 3. The van der Waals surface area contributed by atoms with Gasteiger partial charge in [-0.25, -0.2) is 0 Å². The van der Waals surface area contributed by atoms with E-state index in [1.54, 1.807) is 25.1 Å². The summed E-state index contributed by atoms with van der Waals surface area (Å²) in [7, 11) is 0. The van der Waals surface area contributed by atoms with E-state index in [0.717, 1.165) is 27.5 Å². The number of hydrogen-bond donors (Lipinski definition) is 2. The third-order valence-corrected chi connectivity index (χ3v) is 3.39. The zero-order chi connectivity index (χ0) is 13.6. The first-order valence-corrected chi connectivity index (χ1v) is 6.01. The summed E-state index contributed by atoms with van der Waals surface area (Å²) in [5.74, 6) is -1.39. The third-order valence-electron chi connectivity index (χ3n) is 3.39. The molecular formula is C15H14ClNO3. The van der Waals surface area contributed by atoms with Gasteiger partial charge in [-0.05, 0) is 42.8 Å². The molecule has 1 heterocycles. The summed E-state index contributed by atoms with van der Waals surface area (Å²) in [5, 5.41) is 10.9. The van der Waals surface area contributed by atoms with Gasteiger partial charge in [-0.15, -0.1) is 12.4 Å². The van der Waals surface area contributed by atoms with Crippen LogP contribution >= 0.6 is 12.4 Å². The topological polar surface area (TPSA) is 76.5 Å². The lowest BCUT2D eigenvalue weighted by Crippen LogP contribution is -2.06. The highest BCUT2D eigenvalue weighted by molar-refractivity contribution is 6.06. The number of furan rings is 1. The van der Waals surface area contributed by atoms with Crippen molar-refractivity contribution in [3.8, 4) is 0 Å². The maximum absolute atomic E-state index is 11.0. The zero-order valence-electron chi connectivity index (χ0n) is 10.8. The summed E-state index contributed by atoms with van der Waals surface area (Å²) < 4.78 is 5.70. The van der Waals surface area contributed by atoms with E-state index in [1.807, 2.05) is 18.2 Å². The van der Waals surface area contributed by atoms with Crippen molar-refractivity contribution in [3.63, 3.8) is 0 Å². The molecule has 104 valence electrons. The van der Waals surface area contributed by atoms with Gasteiger partial charge in [-0.3, -0.25) is 4.79 Å². The number of hydrogen-bond acceptors (Lipinski definition) is 3. The van der Waals surface area contributed by atoms with Crippen molar-refractivity contribution in [2.75, 3.05) is 5.73 Å². The number of aliphatic carboxylic acids is 1. The van der Waals surface area contributed by atoms with Crippen LogP contribution in [0.2, 0.25) is 0 Å². The number of benzene rings is 2. The van der Waals surface area contributed by atoms with Gasteiger partial charge in [0.25, 0.3) is 0 Å². The predicted molar refractivity (Wildman–Crippen MR) is 81.4 cm³/mol. The first-order valence-electron chi connectivity index (χ1n) is 6.01. The van der Waals surface area contributed by atoms with Crippen molar-refractivity contribution in [2.24, 2.45) is 0 Å². The normalized spacial score (nSPS) is 12.2. The van der Waals surface area contributed by atoms with E-state index >= 15 is 0 Å². The van der Waals surface area contributed by atoms with Crippen LogP contribution in [0.5, 0.6) is 0 Å². The molecular weight excluding hydrogens is 278 g/mol. The van der Waals surface area contributed by atoms with Crippen molar-refractivity contribution in [1.29, 1.82) is 0 Å². The Morgan fingerprint density at radius 2 is 1.75 bits per heavy atom. The number of halogens is 1. The van der Waals surface area contributed by atoms with Crippen molar-refractivity contribution in [3.05, 3.63) is 42.0 Å². The van der Waals surface area contributed by atoms with Crippen molar-refractivity contribution in [2.45, 2.75) is 12.8 Å². The smallest absolute Gasteiger partial charge is 0.310 e. The van der Waals surface area contributed by atoms with E-state index in [9.17, 15) is 4.79 Å². The quantitative estimate of drug-likeness (QED) is 0.705. The Labute approximate surface area is 121 Å². The first kappa shape index (κ1) is 14.2. The monoisotopic (exact) mass is 291 g/mol. The number of carboxylic acids is 1. The minimum Gasteiger partial charge on any atom is -0.481 e. The summed E-state index contributed by atoms with van der Waals surface area (Å²) >= 11 is 0. The van der Waals surface area contributed by atoms with Gasteiger partial charge >= 0.3 is 5.97 Å². The number of carbonyl (C=O) groups is 1. The van der Waals surface area contributed by atoms with E-state index in [1.165, 1.54) is 0 Å². The molecule has 5 heteroatoms. The molecule has 0 aliphatic carbocycles. The minimum atomic E-state index is -0.841. The molecule has 0 radical (unpaired) electrons. The van der Waals surface area contributed by atoms with E-state index in [0.29, 0.717) is 5.69 Å². The molecule has 0 saturated heterocycles. The molecule has 0 aliphatic heterocycles. The molecule has 0 fully saturated rings. The Hall–Kier alpha value is -2.20. The fourth-order valence-electron chi connectivity index (χ4n) is 2.22. The Bertz CT molecular complexity index is 794. The molecule has 4 nitrogen and oxygen atoms in total. The second-order valence-electron chi connectivity index (χ2n) is 4.67. The molecule has 0 spiro atoms. The Morgan fingerprint density at radius 3 is 2.40 bits per heavy atom. The summed E-state index contributed by atoms with van der Waals surface area (Å²) in [6.07, 6.45) is 0. The molecule has 3 N–H and O–H groups in total. The van der Waals surface area contributed by atoms with Gasteiger partial charge < -0.3 is 15.3 Å². The Kier molecular flexibility index (Phi) is 3.59. The second-order valence-corrected chi connectivity index (χ2v) is 4.67. The first-order chi connectivity index (χ1) is 9.06. The lowest BCUT2D eigenvalue weighted by Gasteiger charge is -2.05. The van der Waals surface area contributed by atoms with Crippen LogP contribution in [0.15, 0.2) is 40.8 Å². The Balaban J connectivity index is 0.00000147. The van der Waals surface area contributed by atoms with E-state index < -0.39 is 11.9 Å². The summed E-state index contributed by atoms with van der Waals surface area (Å²) in [6.45, 7) is 1.67. The van der Waals surface area contributed by atoms with Crippen LogP contribution in [0.4, 0.5) is 5.69 Å². The fraction of sp³-hybridized carbons (Fsp3) is 0.133. The van der Waals surface area contributed by atoms with Gasteiger partial charge in [0.2, 0.25) is 0 Å². The number of nitrogen functional groups attached to an aromatic ring is 1. The summed E-state index contributed by atoms with van der Waals surface area (Å²) in [5.41, 5.74) is 8.69. The van der Waals surface area contributed by atoms with Crippen LogP contribution in [0.25, 0.3) is 21.9 Å². The lowest BCUT2D eigenvalue weighted by molar-refractivity contribution is -0.138. The standard InChI is InChI=1S/C15H13NO3.ClH/c1-8(15(17)18)9-2-4-13-11(6-9)12-7-10(16)3-5-14(12)19-13;/h2-8H,16H2,1H3,(H,17,18);1H. The molecule has 3 rings (SSSR count). The van der Waals surface area contributed by atoms with Gasteiger partial charge in [-0.1, -0.05) is 6.07 Å². The third kappa shape index (κ3) is 2.18. The molecule has 0 saturated carbocycles. The van der Waals surface area contributed by atoms with Crippen LogP contribution in [0, 0.1) is 0 Å². The van der Waals surface area contributed by atoms with Crippen LogP contribution in [0.3, 0.4) is 0 Å². The fourth-order valence-corrected chi connectivity index (χ4v) is 2.22. The highest BCUT2D eigenvalue weighted by Gasteiger charge is 2.15. The van der Waals surface area contributed by atoms with Crippen molar-refractivity contribution in [1.82, 2.24) is 0 Å². The molecule has 20 heavy (non-hydrogen) atoms. The minimum absolute atomic E-state index is 0. The number of rotatable bonds is 2. The van der Waals surface area contributed by atoms with Crippen molar-refractivity contribution < 1.29 is 14.3 Å². The number of anilines is 1. The zero-order valence-corrected chi connectivity index (χ0v) is 11.6. The summed E-state index contributed by atoms with van der Waals surface area (Å²) in [4.78, 5) is 11.0. The average molecular weight is 292 g/mol. The van der Waals surface area contributed by atoms with E-state index in [4.69, 9.17) is 15.3 Å². The highest BCUT2D eigenvalue weighted by atomic mass is 35.5. The molecule has 1 atom stereocenters. The molecule has 3 aromatic rings. The van der Waals surface area contributed by atoms with E-state index in [-0.39, 0.29) is 12.4 Å². The lowest BCUT2D eigenvalue weighted by atomic mass is 9.99. The van der Waals surface area contributed by atoms with Gasteiger partial charge in [0, 0.05) is 16.5 Å². The molecule has 0 aliphatic rings. The maximum atomic E-state index is 11.0. The largest absolute Gasteiger partial charge is 0.481 e. The second kappa shape index (κ2) is 5.06. The van der Waals surface area contributed by atoms with Gasteiger partial charge in [0.15, 0.2) is 0 Å². The number of nitrogens with two attached hydrogens (primary N) is 1. The average Bonchev–Trinajstić information content (AvgIpc) is 2.75. The summed E-state index contributed by atoms with van der Waals surface area (Å²) in [6, 6.07) is 10.9. The van der Waals surface area contributed by atoms with Crippen LogP contribution < -0.4 is 5.73 Å². The molecule has 0 bridgehead atoms. The van der Waals surface area contributed by atoms with Gasteiger partial charge in [-0.2, -0.15) is 0 Å². The van der Waals surface area contributed by atoms with Crippen LogP contribution in [-0.2, 0) is 4.79 Å². The van der Waals surface area contributed by atoms with E-state index in [2.05, 4.69) is 0 Å². The maximum Gasteiger partial charge on any atom is 0.310 e. The van der Waals surface area contributed by atoms with Crippen molar-refractivity contribution >= 4 is 46.0 Å². The van der Waals surface area contributed by atoms with Crippen LogP contribution in [0.1, 0.15) is 18.4 Å². The van der Waals surface area contributed by atoms with Crippen LogP contribution in [-0.4, -0.2) is 11.1 Å². The predicted octanol–water partition coefficient (Wildman–Crippen LogP) is 3.78. The molecule has 1 unspecified atom stereocenters. The van der Waals surface area contributed by atoms with Gasteiger partial charge in [0.1, 0.15) is 11.2 Å².